The summed E-state index contributed by atoms with van der Waals surface area (Å²) in [6.07, 6.45) is -0.490. The minimum atomic E-state index is -0.538. The van der Waals surface area contributed by atoms with E-state index < -0.39 is 11.7 Å². The summed E-state index contributed by atoms with van der Waals surface area (Å²) in [5.74, 6) is 0.826. The zero-order chi connectivity index (χ0) is 16.8. The van der Waals surface area contributed by atoms with Gasteiger partial charge in [0.1, 0.15) is 5.60 Å². The lowest BCUT2D eigenvalue weighted by molar-refractivity contribution is 0.0523. The molecule has 0 aliphatic heterocycles. The van der Waals surface area contributed by atoms with Gasteiger partial charge < -0.3 is 15.4 Å². The molecule has 22 heavy (non-hydrogen) atoms. The molecule has 3 N–H and O–H groups in total. The van der Waals surface area contributed by atoms with Crippen LogP contribution in [0.4, 0.5) is 10.5 Å². The highest BCUT2D eigenvalue weighted by Gasteiger charge is 2.16. The number of anilines is 1. The Hall–Kier alpha value is -1.40. The average Bonchev–Trinajstić information content (AvgIpc) is 2.37. The Balaban J connectivity index is 2.66. The number of amidine groups is 1. The van der Waals surface area contributed by atoms with Crippen molar-refractivity contribution in [3.63, 3.8) is 0 Å². The predicted molar refractivity (Wildman–Crippen MR) is 94.0 cm³/mol. The zero-order valence-electron chi connectivity index (χ0n) is 13.2. The number of benzene rings is 1. The smallest absolute Gasteiger partial charge is 0.407 e. The summed E-state index contributed by atoms with van der Waals surface area (Å²) in [7, 11) is 0. The number of rotatable bonds is 4. The summed E-state index contributed by atoms with van der Waals surface area (Å²) in [6, 6.07) is 5.34. The molecular weight excluding hydrogens is 322 g/mol. The van der Waals surface area contributed by atoms with Gasteiger partial charge in [-0.2, -0.15) is 0 Å². The highest BCUT2D eigenvalue weighted by molar-refractivity contribution is 8.14. The van der Waals surface area contributed by atoms with Crippen LogP contribution in [0.25, 0.3) is 0 Å². The van der Waals surface area contributed by atoms with Crippen molar-refractivity contribution in [2.45, 2.75) is 39.8 Å². The Morgan fingerprint density at radius 3 is 2.68 bits per heavy atom. The Bertz CT molecular complexity index is 544. The average molecular weight is 344 g/mol. The molecule has 0 radical (unpaired) electrons. The van der Waals surface area contributed by atoms with E-state index in [0.29, 0.717) is 10.2 Å². The highest BCUT2D eigenvalue weighted by atomic mass is 35.5. The maximum Gasteiger partial charge on any atom is 0.407 e. The Labute approximate surface area is 140 Å². The fourth-order valence-electron chi connectivity index (χ4n) is 1.58. The van der Waals surface area contributed by atoms with E-state index in [4.69, 9.17) is 21.7 Å². The van der Waals surface area contributed by atoms with E-state index in [9.17, 15) is 4.79 Å². The molecule has 1 aromatic rings. The second kappa shape index (κ2) is 8.29. The van der Waals surface area contributed by atoms with Crippen molar-refractivity contribution in [2.75, 3.05) is 11.1 Å². The molecule has 0 spiro atoms. The first-order valence-electron chi connectivity index (χ1n) is 6.95. The number of hydrogen-bond donors (Lipinski definition) is 3. The van der Waals surface area contributed by atoms with Crippen molar-refractivity contribution < 1.29 is 9.53 Å². The van der Waals surface area contributed by atoms with Gasteiger partial charge in [-0.3, -0.25) is 5.41 Å². The van der Waals surface area contributed by atoms with Gasteiger partial charge in [0, 0.05) is 17.3 Å². The lowest BCUT2D eigenvalue weighted by atomic mass is 10.2. The molecule has 0 bridgehead atoms. The van der Waals surface area contributed by atoms with E-state index in [1.165, 1.54) is 11.8 Å². The van der Waals surface area contributed by atoms with E-state index in [0.717, 1.165) is 17.0 Å². The van der Waals surface area contributed by atoms with Crippen LogP contribution >= 0.6 is 23.4 Å². The van der Waals surface area contributed by atoms with Crippen LogP contribution in [-0.2, 0) is 11.3 Å². The minimum absolute atomic E-state index is 0.261. The molecule has 7 heteroatoms. The third-order valence-corrected chi connectivity index (χ3v) is 3.46. The van der Waals surface area contributed by atoms with Crippen LogP contribution < -0.4 is 10.6 Å². The first-order valence-corrected chi connectivity index (χ1v) is 8.31. The number of carbonyl (C=O) groups is 1. The third-order valence-electron chi connectivity index (χ3n) is 2.41. The lowest BCUT2D eigenvalue weighted by Crippen LogP contribution is -2.32. The second-order valence-corrected chi connectivity index (χ2v) is 7.23. The van der Waals surface area contributed by atoms with Crippen molar-refractivity contribution >= 4 is 40.3 Å². The van der Waals surface area contributed by atoms with Crippen molar-refractivity contribution in [1.29, 1.82) is 5.41 Å². The van der Waals surface area contributed by atoms with Crippen LogP contribution in [0.1, 0.15) is 33.3 Å². The third kappa shape index (κ3) is 7.04. The molecule has 0 saturated carbocycles. The van der Waals surface area contributed by atoms with E-state index in [1.807, 2.05) is 13.0 Å². The molecule has 1 aromatic carbocycles. The summed E-state index contributed by atoms with van der Waals surface area (Å²) in [5.41, 5.74) is 0.979. The summed E-state index contributed by atoms with van der Waals surface area (Å²) in [5, 5.41) is 14.3. The van der Waals surface area contributed by atoms with Gasteiger partial charge in [-0.25, -0.2) is 4.79 Å². The first kappa shape index (κ1) is 18.6. The number of amides is 1. The van der Waals surface area contributed by atoms with Gasteiger partial charge in [0.15, 0.2) is 5.17 Å². The largest absolute Gasteiger partial charge is 0.444 e. The van der Waals surface area contributed by atoms with Gasteiger partial charge in [0.05, 0.1) is 0 Å². The minimum Gasteiger partial charge on any atom is -0.444 e. The number of carbonyl (C=O) groups excluding carboxylic acids is 1. The molecule has 0 aliphatic rings. The molecule has 0 aromatic heterocycles. The second-order valence-electron chi connectivity index (χ2n) is 5.55. The normalized spacial score (nSPS) is 11.0. The van der Waals surface area contributed by atoms with Crippen molar-refractivity contribution in [3.05, 3.63) is 28.8 Å². The van der Waals surface area contributed by atoms with Gasteiger partial charge in [-0.15, -0.1) is 0 Å². The Morgan fingerprint density at radius 2 is 2.09 bits per heavy atom. The Morgan fingerprint density at radius 1 is 1.41 bits per heavy atom. The van der Waals surface area contributed by atoms with Crippen LogP contribution in [0.2, 0.25) is 5.02 Å². The molecule has 0 heterocycles. The number of halogens is 1. The topological polar surface area (TPSA) is 74.2 Å². The van der Waals surface area contributed by atoms with Gasteiger partial charge in [-0.1, -0.05) is 30.3 Å². The molecule has 0 aliphatic carbocycles. The molecular formula is C15H22ClN3O2S. The molecule has 5 nitrogen and oxygen atoms in total. The van der Waals surface area contributed by atoms with Crippen molar-refractivity contribution in [1.82, 2.24) is 5.32 Å². The number of thioether (sulfide) groups is 1. The van der Waals surface area contributed by atoms with Gasteiger partial charge in [0.2, 0.25) is 0 Å². The molecule has 0 unspecified atom stereocenters. The number of ether oxygens (including phenoxy) is 1. The van der Waals surface area contributed by atoms with Crippen LogP contribution in [0.3, 0.4) is 0 Å². The lowest BCUT2D eigenvalue weighted by Gasteiger charge is -2.20. The van der Waals surface area contributed by atoms with Crippen LogP contribution in [-0.4, -0.2) is 22.6 Å². The SMILES string of the molecule is CCSC(=N)Nc1ccc(Cl)c(CNC(=O)OC(C)(C)C)c1. The van der Waals surface area contributed by atoms with Crippen molar-refractivity contribution in [2.24, 2.45) is 0 Å². The van der Waals surface area contributed by atoms with Gasteiger partial charge in [0.25, 0.3) is 0 Å². The monoisotopic (exact) mass is 343 g/mol. The maximum atomic E-state index is 11.7. The zero-order valence-corrected chi connectivity index (χ0v) is 14.8. The molecule has 0 fully saturated rings. The first-order chi connectivity index (χ1) is 10.2. The maximum absolute atomic E-state index is 11.7. The van der Waals surface area contributed by atoms with Crippen LogP contribution in [0, 0.1) is 5.41 Å². The number of alkyl carbamates (subject to hydrolysis) is 1. The van der Waals surface area contributed by atoms with Gasteiger partial charge >= 0.3 is 6.09 Å². The van der Waals surface area contributed by atoms with Gasteiger partial charge in [-0.05, 0) is 50.3 Å². The molecule has 1 rings (SSSR count). The predicted octanol–water partition coefficient (Wildman–Crippen LogP) is 4.46. The molecule has 1 amide bonds. The van der Waals surface area contributed by atoms with E-state index in [-0.39, 0.29) is 6.54 Å². The highest BCUT2D eigenvalue weighted by Crippen LogP contribution is 2.21. The van der Waals surface area contributed by atoms with Crippen LogP contribution in [0.15, 0.2) is 18.2 Å². The van der Waals surface area contributed by atoms with E-state index in [1.54, 1.807) is 32.9 Å². The Kier molecular flexibility index (Phi) is 7.03. The van der Waals surface area contributed by atoms with E-state index in [2.05, 4.69) is 10.6 Å². The summed E-state index contributed by atoms with van der Waals surface area (Å²) < 4.78 is 5.18. The summed E-state index contributed by atoms with van der Waals surface area (Å²) >= 11 is 7.54. The standard InChI is InChI=1S/C15H22ClN3O2S/c1-5-22-13(17)19-11-6-7-12(16)10(8-11)9-18-14(20)21-15(2,3)4/h6-8H,5,9H2,1-4H3,(H2,17,19)(H,18,20). The molecule has 0 saturated heterocycles. The van der Waals surface area contributed by atoms with Crippen LogP contribution in [0.5, 0.6) is 0 Å². The fourth-order valence-corrected chi connectivity index (χ4v) is 2.24. The molecule has 122 valence electrons. The summed E-state index contributed by atoms with van der Waals surface area (Å²) in [4.78, 5) is 11.7. The van der Waals surface area contributed by atoms with Crippen molar-refractivity contribution in [3.8, 4) is 0 Å². The number of nitrogens with one attached hydrogen (secondary N) is 3. The van der Waals surface area contributed by atoms with E-state index >= 15 is 0 Å². The number of hydrogen-bond acceptors (Lipinski definition) is 4. The quantitative estimate of drug-likeness (QED) is 0.557. The summed E-state index contributed by atoms with van der Waals surface area (Å²) in [6.45, 7) is 7.67. The molecule has 0 atom stereocenters. The fraction of sp³-hybridized carbons (Fsp3) is 0.467.